The minimum Gasteiger partial charge on any atom is -0.422 e. The molecular weight excluding hydrogens is 332 g/mol. The van der Waals surface area contributed by atoms with Crippen molar-refractivity contribution in [3.05, 3.63) is 64.9 Å². The lowest BCUT2D eigenvalue weighted by molar-refractivity contribution is 0.0927. The van der Waals surface area contributed by atoms with Crippen LogP contribution in [0.15, 0.2) is 58.1 Å². The van der Waals surface area contributed by atoms with Crippen LogP contribution in [0.4, 0.5) is 5.82 Å². The molecule has 132 valence electrons. The molecule has 7 heteroatoms. The Labute approximate surface area is 149 Å². The molecular formula is C19H18N4O3. The Morgan fingerprint density at radius 1 is 1.19 bits per heavy atom. The molecule has 0 saturated carbocycles. The number of hydrogen-bond donors (Lipinski definition) is 1. The minimum absolute atomic E-state index is 0.0151. The van der Waals surface area contributed by atoms with Crippen molar-refractivity contribution in [1.82, 2.24) is 15.3 Å². The van der Waals surface area contributed by atoms with Crippen LogP contribution in [0.3, 0.4) is 0 Å². The molecule has 0 spiro atoms. The van der Waals surface area contributed by atoms with Crippen LogP contribution < -0.4 is 15.8 Å². The van der Waals surface area contributed by atoms with Gasteiger partial charge in [0, 0.05) is 36.9 Å². The topological polar surface area (TPSA) is 88.3 Å². The molecule has 3 heterocycles. The molecule has 0 unspecified atom stereocenters. The largest absolute Gasteiger partial charge is 0.422 e. The molecule has 4 rings (SSSR count). The van der Waals surface area contributed by atoms with Gasteiger partial charge in [-0.15, -0.1) is 0 Å². The standard InChI is InChI=1S/C19H18N4O3/c24-18(15-11-13-3-1-2-4-16(13)26-19(15)25)22-14-5-9-23(10-6-14)17-12-20-7-8-21-17/h1-4,7-8,11-12,14H,5-6,9-10H2,(H,22,24). The summed E-state index contributed by atoms with van der Waals surface area (Å²) in [6.07, 6.45) is 6.61. The second-order valence-electron chi connectivity index (χ2n) is 6.28. The van der Waals surface area contributed by atoms with Gasteiger partial charge in [-0.3, -0.25) is 9.78 Å². The van der Waals surface area contributed by atoms with Gasteiger partial charge in [0.15, 0.2) is 0 Å². The fourth-order valence-corrected chi connectivity index (χ4v) is 3.19. The van der Waals surface area contributed by atoms with Crippen LogP contribution in [0, 0.1) is 0 Å². The van der Waals surface area contributed by atoms with E-state index in [1.807, 2.05) is 12.1 Å². The highest BCUT2D eigenvalue weighted by molar-refractivity contribution is 5.96. The Morgan fingerprint density at radius 3 is 2.77 bits per heavy atom. The predicted octanol–water partition coefficient (Wildman–Crippen LogP) is 1.98. The van der Waals surface area contributed by atoms with Crippen molar-refractivity contribution in [3.63, 3.8) is 0 Å². The van der Waals surface area contributed by atoms with Gasteiger partial charge in [-0.1, -0.05) is 18.2 Å². The average molecular weight is 350 g/mol. The average Bonchev–Trinajstić information content (AvgIpc) is 2.68. The van der Waals surface area contributed by atoms with Crippen molar-refractivity contribution >= 4 is 22.7 Å². The van der Waals surface area contributed by atoms with Crippen LogP contribution in [0.25, 0.3) is 11.0 Å². The smallest absolute Gasteiger partial charge is 0.349 e. The number of nitrogens with one attached hydrogen (secondary N) is 1. The number of anilines is 1. The van der Waals surface area contributed by atoms with Crippen LogP contribution in [0.1, 0.15) is 23.2 Å². The summed E-state index contributed by atoms with van der Waals surface area (Å²) in [4.78, 5) is 35.1. The molecule has 0 aliphatic carbocycles. The maximum absolute atomic E-state index is 12.5. The van der Waals surface area contributed by atoms with Gasteiger partial charge < -0.3 is 14.6 Å². The van der Waals surface area contributed by atoms with E-state index in [1.165, 1.54) is 0 Å². The fraction of sp³-hybridized carbons (Fsp3) is 0.263. The molecule has 7 nitrogen and oxygen atoms in total. The number of rotatable bonds is 3. The van der Waals surface area contributed by atoms with Crippen LogP contribution in [0.2, 0.25) is 0 Å². The van der Waals surface area contributed by atoms with E-state index in [4.69, 9.17) is 4.42 Å². The summed E-state index contributed by atoms with van der Waals surface area (Å²) in [5, 5.41) is 3.68. The number of carbonyl (C=O) groups is 1. The molecule has 1 aliphatic heterocycles. The van der Waals surface area contributed by atoms with Gasteiger partial charge in [0.25, 0.3) is 5.91 Å². The van der Waals surface area contributed by atoms with E-state index in [-0.39, 0.29) is 17.5 Å². The van der Waals surface area contributed by atoms with Gasteiger partial charge in [0.2, 0.25) is 0 Å². The number of piperidine rings is 1. The van der Waals surface area contributed by atoms with Gasteiger partial charge in [-0.2, -0.15) is 0 Å². The first kappa shape index (κ1) is 16.3. The Hall–Kier alpha value is -3.22. The van der Waals surface area contributed by atoms with Crippen LogP contribution in [0.5, 0.6) is 0 Å². The Morgan fingerprint density at radius 2 is 2.00 bits per heavy atom. The van der Waals surface area contributed by atoms with Gasteiger partial charge in [-0.25, -0.2) is 9.78 Å². The molecule has 1 fully saturated rings. The van der Waals surface area contributed by atoms with Crippen LogP contribution in [-0.2, 0) is 0 Å². The number of para-hydroxylation sites is 1. The van der Waals surface area contributed by atoms with Crippen molar-refractivity contribution in [2.75, 3.05) is 18.0 Å². The minimum atomic E-state index is -0.613. The van der Waals surface area contributed by atoms with Crippen molar-refractivity contribution in [1.29, 1.82) is 0 Å². The van der Waals surface area contributed by atoms with Gasteiger partial charge in [0.05, 0.1) is 6.20 Å². The Balaban J connectivity index is 1.43. The summed E-state index contributed by atoms with van der Waals surface area (Å²) in [5.41, 5.74) is -0.0930. The third-order valence-electron chi connectivity index (χ3n) is 4.59. The lowest BCUT2D eigenvalue weighted by Crippen LogP contribution is -2.45. The predicted molar refractivity (Wildman–Crippen MR) is 97.2 cm³/mol. The molecule has 1 saturated heterocycles. The van der Waals surface area contributed by atoms with E-state index in [2.05, 4.69) is 20.2 Å². The van der Waals surface area contributed by atoms with Crippen molar-refractivity contribution in [3.8, 4) is 0 Å². The first-order valence-electron chi connectivity index (χ1n) is 8.55. The lowest BCUT2D eigenvalue weighted by atomic mass is 10.0. The van der Waals surface area contributed by atoms with Crippen LogP contribution in [-0.4, -0.2) is 35.0 Å². The third kappa shape index (κ3) is 3.28. The van der Waals surface area contributed by atoms with Crippen LogP contribution >= 0.6 is 0 Å². The summed E-state index contributed by atoms with van der Waals surface area (Å²) in [5.74, 6) is 0.454. The molecule has 1 aliphatic rings. The monoisotopic (exact) mass is 350 g/mol. The highest BCUT2D eigenvalue weighted by Gasteiger charge is 2.23. The molecule has 3 aromatic rings. The van der Waals surface area contributed by atoms with E-state index in [0.717, 1.165) is 37.1 Å². The third-order valence-corrected chi connectivity index (χ3v) is 4.59. The normalized spacial score (nSPS) is 15.2. The summed E-state index contributed by atoms with van der Waals surface area (Å²) >= 11 is 0. The maximum atomic E-state index is 12.5. The number of fused-ring (bicyclic) bond motifs is 1. The molecule has 0 bridgehead atoms. The van der Waals surface area contributed by atoms with Gasteiger partial charge >= 0.3 is 5.63 Å². The molecule has 2 aromatic heterocycles. The highest BCUT2D eigenvalue weighted by Crippen LogP contribution is 2.17. The Bertz CT molecular complexity index is 979. The first-order valence-corrected chi connectivity index (χ1v) is 8.55. The number of amides is 1. The summed E-state index contributed by atoms with van der Waals surface area (Å²) < 4.78 is 5.24. The first-order chi connectivity index (χ1) is 12.7. The molecule has 26 heavy (non-hydrogen) atoms. The Kier molecular flexibility index (Phi) is 4.35. The van der Waals surface area contributed by atoms with E-state index in [0.29, 0.717) is 5.58 Å². The van der Waals surface area contributed by atoms with E-state index >= 15 is 0 Å². The zero-order chi connectivity index (χ0) is 17.9. The van der Waals surface area contributed by atoms with Crippen molar-refractivity contribution in [2.24, 2.45) is 0 Å². The molecule has 1 amide bonds. The highest BCUT2D eigenvalue weighted by atomic mass is 16.4. The zero-order valence-corrected chi connectivity index (χ0v) is 14.1. The second kappa shape index (κ2) is 6.95. The second-order valence-corrected chi connectivity index (χ2v) is 6.28. The molecule has 1 aromatic carbocycles. The van der Waals surface area contributed by atoms with Crippen molar-refractivity contribution < 1.29 is 9.21 Å². The summed E-state index contributed by atoms with van der Waals surface area (Å²) in [6.45, 7) is 1.55. The number of hydrogen-bond acceptors (Lipinski definition) is 6. The van der Waals surface area contributed by atoms with E-state index in [1.54, 1.807) is 36.8 Å². The number of carbonyl (C=O) groups excluding carboxylic acids is 1. The van der Waals surface area contributed by atoms with Crippen molar-refractivity contribution in [2.45, 2.75) is 18.9 Å². The lowest BCUT2D eigenvalue weighted by Gasteiger charge is -2.32. The summed E-state index contributed by atoms with van der Waals surface area (Å²) in [7, 11) is 0. The number of nitrogens with zero attached hydrogens (tertiary/aromatic N) is 3. The maximum Gasteiger partial charge on any atom is 0.349 e. The summed E-state index contributed by atoms with van der Waals surface area (Å²) in [6, 6.07) is 8.75. The quantitative estimate of drug-likeness (QED) is 0.727. The van der Waals surface area contributed by atoms with E-state index in [9.17, 15) is 9.59 Å². The fourth-order valence-electron chi connectivity index (χ4n) is 3.19. The molecule has 1 N–H and O–H groups in total. The number of aromatic nitrogens is 2. The van der Waals surface area contributed by atoms with Gasteiger partial charge in [0.1, 0.15) is 17.0 Å². The SMILES string of the molecule is O=C(NC1CCN(c2cnccn2)CC1)c1cc2ccccc2oc1=O. The van der Waals surface area contributed by atoms with E-state index < -0.39 is 5.63 Å². The number of benzene rings is 1. The molecule has 0 radical (unpaired) electrons. The zero-order valence-electron chi connectivity index (χ0n) is 14.1. The van der Waals surface area contributed by atoms with Gasteiger partial charge in [-0.05, 0) is 25.0 Å². The molecule has 0 atom stereocenters.